The molecule has 0 aliphatic rings. The summed E-state index contributed by atoms with van der Waals surface area (Å²) in [5, 5.41) is 0. The summed E-state index contributed by atoms with van der Waals surface area (Å²) in [6, 6.07) is 5.15. The number of carbonyl (C=O) groups excluding carboxylic acids is 1. The van der Waals surface area contributed by atoms with E-state index < -0.39 is 12.2 Å². The standard InChI is InChI=1S/C8H7N3O2/c9-11-5-8(12)13-6-7-3-1-2-4-10-7/h1-5H,6H2/i5D. The molecule has 0 spiro atoms. The number of esters is 1. The fourth-order valence-corrected chi connectivity index (χ4v) is 0.696. The van der Waals surface area contributed by atoms with Gasteiger partial charge in [-0.2, -0.15) is 4.79 Å². The van der Waals surface area contributed by atoms with Crippen LogP contribution in [0.5, 0.6) is 0 Å². The summed E-state index contributed by atoms with van der Waals surface area (Å²) in [6.45, 7) is -0.0441. The Bertz CT molecular complexity index is 373. The van der Waals surface area contributed by atoms with E-state index in [1.54, 1.807) is 24.4 Å². The molecule has 0 saturated heterocycles. The van der Waals surface area contributed by atoms with Gasteiger partial charge in [-0.05, 0) is 12.1 Å². The molecule has 5 nitrogen and oxygen atoms in total. The molecule has 0 bridgehead atoms. The Kier molecular flexibility index (Phi) is 2.82. The number of ether oxygens (including phenoxy) is 1. The van der Waals surface area contributed by atoms with Gasteiger partial charge < -0.3 is 10.3 Å². The van der Waals surface area contributed by atoms with Gasteiger partial charge in [0.05, 0.1) is 5.69 Å². The second-order valence-electron chi connectivity index (χ2n) is 2.11. The highest BCUT2D eigenvalue weighted by Crippen LogP contribution is 1.95. The smallest absolute Gasteiger partial charge is 0.414 e. The minimum atomic E-state index is -0.988. The molecule has 5 heteroatoms. The quantitative estimate of drug-likeness (QED) is 0.291. The monoisotopic (exact) mass is 178 g/mol. The van der Waals surface area contributed by atoms with Crippen LogP contribution in [-0.4, -0.2) is 21.9 Å². The van der Waals surface area contributed by atoms with Crippen LogP contribution in [0.15, 0.2) is 24.4 Å². The summed E-state index contributed by atoms with van der Waals surface area (Å²) in [4.78, 5) is 17.1. The summed E-state index contributed by atoms with van der Waals surface area (Å²) in [5.41, 5.74) is 8.65. The maximum Gasteiger partial charge on any atom is 0.414 e. The molecule has 0 aliphatic heterocycles. The lowest BCUT2D eigenvalue weighted by Gasteiger charge is -1.97. The zero-order valence-corrected chi connectivity index (χ0v) is 6.67. The van der Waals surface area contributed by atoms with Crippen molar-refractivity contribution < 1.29 is 15.7 Å². The molecular weight excluding hydrogens is 170 g/mol. The molecule has 0 N–H and O–H groups in total. The van der Waals surface area contributed by atoms with E-state index in [4.69, 9.17) is 6.90 Å². The first-order valence-electron chi connectivity index (χ1n) is 3.99. The van der Waals surface area contributed by atoms with Gasteiger partial charge in [0.2, 0.25) is 0 Å². The Morgan fingerprint density at radius 2 is 2.69 bits per heavy atom. The van der Waals surface area contributed by atoms with E-state index in [9.17, 15) is 4.79 Å². The first-order chi connectivity index (χ1) is 6.74. The highest BCUT2D eigenvalue weighted by molar-refractivity contribution is 6.20. The summed E-state index contributed by atoms with van der Waals surface area (Å²) >= 11 is 0. The number of hydrogen-bond acceptors (Lipinski definition) is 3. The second-order valence-corrected chi connectivity index (χ2v) is 2.11. The van der Waals surface area contributed by atoms with Crippen molar-refractivity contribution in [1.82, 2.24) is 4.98 Å². The molecule has 0 saturated carbocycles. The van der Waals surface area contributed by atoms with E-state index in [1.165, 1.54) is 0 Å². The maximum absolute atomic E-state index is 10.8. The minimum absolute atomic E-state index is 0.0441. The van der Waals surface area contributed by atoms with Gasteiger partial charge in [-0.1, -0.05) is 6.07 Å². The van der Waals surface area contributed by atoms with E-state index in [0.29, 0.717) is 5.69 Å². The summed E-state index contributed by atoms with van der Waals surface area (Å²) in [7, 11) is 0. The van der Waals surface area contributed by atoms with Crippen molar-refractivity contribution in [3.63, 3.8) is 0 Å². The van der Waals surface area contributed by atoms with Crippen LogP contribution in [0.4, 0.5) is 0 Å². The van der Waals surface area contributed by atoms with Crippen molar-refractivity contribution in [3.8, 4) is 0 Å². The van der Waals surface area contributed by atoms with Gasteiger partial charge in [-0.25, -0.2) is 4.79 Å². The Morgan fingerprint density at radius 3 is 3.31 bits per heavy atom. The van der Waals surface area contributed by atoms with E-state index in [1.807, 2.05) is 0 Å². The van der Waals surface area contributed by atoms with Crippen molar-refractivity contribution in [1.29, 1.82) is 0 Å². The molecule has 66 valence electrons. The van der Waals surface area contributed by atoms with Crippen molar-refractivity contribution in [2.75, 3.05) is 0 Å². The Labute approximate surface area is 76.0 Å². The lowest BCUT2D eigenvalue weighted by atomic mass is 10.4. The lowest BCUT2D eigenvalue weighted by molar-refractivity contribution is -0.140. The molecule has 0 atom stereocenters. The fourth-order valence-electron chi connectivity index (χ4n) is 0.696. The minimum Gasteiger partial charge on any atom is -0.451 e. The molecule has 1 heterocycles. The van der Waals surface area contributed by atoms with E-state index in [0.717, 1.165) is 0 Å². The summed E-state index contributed by atoms with van der Waals surface area (Å²) < 4.78 is 11.4. The van der Waals surface area contributed by atoms with Crippen molar-refractivity contribution in [2.45, 2.75) is 6.61 Å². The maximum atomic E-state index is 10.8. The molecular formula is C8H7N3O2. The largest absolute Gasteiger partial charge is 0.451 e. The van der Waals surface area contributed by atoms with E-state index >= 15 is 0 Å². The molecule has 1 aromatic rings. The van der Waals surface area contributed by atoms with Crippen molar-refractivity contribution >= 4 is 12.2 Å². The third kappa shape index (κ3) is 3.27. The second kappa shape index (κ2) is 4.79. The predicted octanol–water partition coefficient (Wildman–Crippen LogP) is 0.425. The number of hydrogen-bond donors (Lipinski definition) is 0. The molecule has 0 unspecified atom stereocenters. The topological polar surface area (TPSA) is 75.6 Å². The number of pyridine rings is 1. The first kappa shape index (κ1) is 7.64. The van der Waals surface area contributed by atoms with Crippen LogP contribution in [0.1, 0.15) is 7.06 Å². The van der Waals surface area contributed by atoms with Gasteiger partial charge in [-0.15, -0.1) is 0 Å². The van der Waals surface area contributed by atoms with Crippen LogP contribution in [0, 0.1) is 0 Å². The van der Waals surface area contributed by atoms with Crippen LogP contribution in [-0.2, 0) is 16.1 Å². The average Bonchev–Trinajstić information content (AvgIpc) is 2.26. The molecule has 0 aromatic carbocycles. The number of nitrogens with zero attached hydrogens (tertiary/aromatic N) is 3. The number of rotatable bonds is 3. The Balaban J connectivity index is 2.50. The van der Waals surface area contributed by atoms with Gasteiger partial charge in [0, 0.05) is 6.20 Å². The zero-order valence-electron chi connectivity index (χ0n) is 7.67. The first-order valence-corrected chi connectivity index (χ1v) is 3.49. The number of carbonyl (C=O) groups is 1. The summed E-state index contributed by atoms with van der Waals surface area (Å²) in [5.74, 6) is -0.988. The van der Waals surface area contributed by atoms with Gasteiger partial charge in [0.15, 0.2) is 1.37 Å². The van der Waals surface area contributed by atoms with Crippen LogP contribution < -0.4 is 0 Å². The third-order valence-electron chi connectivity index (χ3n) is 1.22. The van der Waals surface area contributed by atoms with Gasteiger partial charge in [0.1, 0.15) is 6.61 Å². The Hall–Kier alpha value is -2.00. The molecule has 0 aliphatic carbocycles. The molecule has 0 radical (unpaired) electrons. The SMILES string of the molecule is [2H]C(=[N+]=[N-])C(=O)OCc1ccccn1. The van der Waals surface area contributed by atoms with Gasteiger partial charge in [0.25, 0.3) is 0 Å². The van der Waals surface area contributed by atoms with Crippen molar-refractivity contribution in [2.24, 2.45) is 0 Å². The van der Waals surface area contributed by atoms with Crippen LogP contribution in [0.25, 0.3) is 5.53 Å². The molecule has 1 rings (SSSR count). The molecule has 0 amide bonds. The van der Waals surface area contributed by atoms with Crippen LogP contribution >= 0.6 is 0 Å². The fraction of sp³-hybridized carbons (Fsp3) is 0.125. The normalized spacial score (nSPS) is 9.69. The van der Waals surface area contributed by atoms with E-state index in [2.05, 4.69) is 14.5 Å². The average molecular weight is 178 g/mol. The zero-order chi connectivity index (χ0) is 10.4. The van der Waals surface area contributed by atoms with Crippen LogP contribution in [0.2, 0.25) is 0 Å². The van der Waals surface area contributed by atoms with Crippen molar-refractivity contribution in [3.05, 3.63) is 35.6 Å². The highest BCUT2D eigenvalue weighted by Gasteiger charge is 2.03. The van der Waals surface area contributed by atoms with Gasteiger partial charge >= 0.3 is 12.2 Å². The third-order valence-corrected chi connectivity index (χ3v) is 1.22. The molecule has 0 fully saturated rings. The van der Waals surface area contributed by atoms with Gasteiger partial charge in [-0.3, -0.25) is 4.98 Å². The van der Waals surface area contributed by atoms with Crippen LogP contribution in [0.3, 0.4) is 0 Å². The summed E-state index contributed by atoms with van der Waals surface area (Å²) in [6.07, 6.45) is 0.728. The number of aromatic nitrogens is 1. The molecule has 1 aromatic heterocycles. The van der Waals surface area contributed by atoms with E-state index in [-0.39, 0.29) is 6.61 Å². The predicted molar refractivity (Wildman–Crippen MR) is 43.7 cm³/mol. The lowest BCUT2D eigenvalue weighted by Crippen LogP contribution is -2.06. The molecule has 13 heavy (non-hydrogen) atoms. The highest BCUT2D eigenvalue weighted by atomic mass is 16.5. The Morgan fingerprint density at radius 1 is 1.85 bits per heavy atom.